The summed E-state index contributed by atoms with van der Waals surface area (Å²) in [6.45, 7) is 4.81. The van der Waals surface area contributed by atoms with Crippen LogP contribution in [0.1, 0.15) is 39.5 Å². The molecule has 0 N–H and O–H groups in total. The largest absolute Gasteiger partial charge is 0.333 e. The number of benzene rings is 1. The molecule has 1 fully saturated rings. The number of carbonyl (C=O) groups excluding carboxylic acids is 1. The fraction of sp³-hybridized carbons (Fsp3) is 0.389. The standard InChI is InChI=1S/C18H19N3OS2/c1-11-16(23-12(2)19-11)10-17(22)21-9-5-7-14(21)18-20-13-6-3-4-8-15(13)24-18/h3-4,6,8,14H,5,7,9-10H2,1-2H3/t14-/m1/s1. The number of hydrogen-bond acceptors (Lipinski definition) is 5. The monoisotopic (exact) mass is 357 g/mol. The minimum Gasteiger partial charge on any atom is -0.333 e. The molecule has 6 heteroatoms. The Hall–Kier alpha value is -1.79. The van der Waals surface area contributed by atoms with Gasteiger partial charge in [-0.25, -0.2) is 9.97 Å². The minimum absolute atomic E-state index is 0.129. The normalized spacial score (nSPS) is 17.8. The molecule has 4 rings (SSSR count). The molecule has 3 aromatic rings. The fourth-order valence-corrected chi connectivity index (χ4v) is 5.37. The Morgan fingerprint density at radius 1 is 1.25 bits per heavy atom. The molecule has 4 nitrogen and oxygen atoms in total. The van der Waals surface area contributed by atoms with Crippen LogP contribution >= 0.6 is 22.7 Å². The number of carbonyl (C=O) groups is 1. The maximum absolute atomic E-state index is 12.9. The molecule has 1 atom stereocenters. The lowest BCUT2D eigenvalue weighted by molar-refractivity contribution is -0.131. The number of thiazole rings is 2. The lowest BCUT2D eigenvalue weighted by atomic mass is 10.2. The van der Waals surface area contributed by atoms with Crippen LogP contribution in [0.15, 0.2) is 24.3 Å². The van der Waals surface area contributed by atoms with Crippen LogP contribution in [0.5, 0.6) is 0 Å². The number of para-hydroxylation sites is 1. The molecule has 0 spiro atoms. The van der Waals surface area contributed by atoms with Gasteiger partial charge in [0.15, 0.2) is 0 Å². The molecule has 0 bridgehead atoms. The van der Waals surface area contributed by atoms with Gasteiger partial charge in [0.2, 0.25) is 5.91 Å². The number of aryl methyl sites for hydroxylation is 2. The van der Waals surface area contributed by atoms with E-state index < -0.39 is 0 Å². The molecule has 0 radical (unpaired) electrons. The SMILES string of the molecule is Cc1nc(C)c(CC(=O)N2CCC[C@@H]2c2nc3ccccc3s2)s1. The summed E-state index contributed by atoms with van der Waals surface area (Å²) in [7, 11) is 0. The van der Waals surface area contributed by atoms with Crippen LogP contribution in [-0.4, -0.2) is 27.3 Å². The second kappa shape index (κ2) is 6.26. The van der Waals surface area contributed by atoms with Crippen LogP contribution in [0.4, 0.5) is 0 Å². The highest BCUT2D eigenvalue weighted by atomic mass is 32.1. The predicted octanol–water partition coefficient (Wildman–Crippen LogP) is 4.28. The molecule has 1 aromatic carbocycles. The van der Waals surface area contributed by atoms with E-state index in [1.807, 2.05) is 36.9 Å². The van der Waals surface area contributed by atoms with E-state index in [9.17, 15) is 4.79 Å². The molecule has 3 heterocycles. The summed E-state index contributed by atoms with van der Waals surface area (Å²) in [5, 5.41) is 2.10. The molecule has 1 aliphatic rings. The number of rotatable bonds is 3. The first-order valence-electron chi connectivity index (χ1n) is 8.19. The first kappa shape index (κ1) is 15.7. The van der Waals surface area contributed by atoms with E-state index in [4.69, 9.17) is 4.98 Å². The number of fused-ring (bicyclic) bond motifs is 1. The Labute approximate surface area is 149 Å². The zero-order chi connectivity index (χ0) is 16.7. The molecular formula is C18H19N3OS2. The second-order valence-electron chi connectivity index (χ2n) is 6.18. The van der Waals surface area contributed by atoms with E-state index in [1.165, 1.54) is 4.70 Å². The van der Waals surface area contributed by atoms with Gasteiger partial charge in [0, 0.05) is 11.4 Å². The first-order chi connectivity index (χ1) is 11.6. The Bertz CT molecular complexity index is 866. The van der Waals surface area contributed by atoms with Gasteiger partial charge in [-0.05, 0) is 38.8 Å². The van der Waals surface area contributed by atoms with Crippen molar-refractivity contribution in [3.63, 3.8) is 0 Å². The zero-order valence-corrected chi connectivity index (χ0v) is 15.4. The highest BCUT2D eigenvalue weighted by molar-refractivity contribution is 7.18. The molecule has 0 unspecified atom stereocenters. The molecule has 1 saturated heterocycles. The average Bonchev–Trinajstić information content (AvgIpc) is 3.25. The van der Waals surface area contributed by atoms with Gasteiger partial charge in [0.05, 0.1) is 33.4 Å². The van der Waals surface area contributed by atoms with E-state index in [0.717, 1.165) is 45.5 Å². The van der Waals surface area contributed by atoms with E-state index in [0.29, 0.717) is 6.42 Å². The quantitative estimate of drug-likeness (QED) is 0.703. The summed E-state index contributed by atoms with van der Waals surface area (Å²) in [6.07, 6.45) is 2.51. The lowest BCUT2D eigenvalue weighted by Crippen LogP contribution is -2.31. The van der Waals surface area contributed by atoms with Crippen molar-refractivity contribution in [2.45, 2.75) is 39.2 Å². The summed E-state index contributed by atoms with van der Waals surface area (Å²) in [6, 6.07) is 8.32. The van der Waals surface area contributed by atoms with E-state index in [1.54, 1.807) is 22.7 Å². The van der Waals surface area contributed by atoms with Crippen LogP contribution < -0.4 is 0 Å². The van der Waals surface area contributed by atoms with Gasteiger partial charge in [-0.15, -0.1) is 22.7 Å². The average molecular weight is 358 g/mol. The minimum atomic E-state index is 0.129. The Kier molecular flexibility index (Phi) is 4.10. The third-order valence-corrected chi connectivity index (χ3v) is 6.69. The van der Waals surface area contributed by atoms with Gasteiger partial charge in [-0.1, -0.05) is 12.1 Å². The lowest BCUT2D eigenvalue weighted by Gasteiger charge is -2.23. The van der Waals surface area contributed by atoms with E-state index >= 15 is 0 Å². The number of likely N-dealkylation sites (tertiary alicyclic amines) is 1. The van der Waals surface area contributed by atoms with Gasteiger partial charge in [0.25, 0.3) is 0 Å². The van der Waals surface area contributed by atoms with Crippen LogP contribution in [0.25, 0.3) is 10.2 Å². The van der Waals surface area contributed by atoms with Gasteiger partial charge in [0.1, 0.15) is 5.01 Å². The van der Waals surface area contributed by atoms with E-state index in [-0.39, 0.29) is 11.9 Å². The molecule has 0 aliphatic carbocycles. The van der Waals surface area contributed by atoms with Crippen molar-refractivity contribution in [3.05, 3.63) is 44.9 Å². The number of nitrogens with zero attached hydrogens (tertiary/aromatic N) is 3. The predicted molar refractivity (Wildman–Crippen MR) is 98.6 cm³/mol. The molecule has 1 amide bonds. The summed E-state index contributed by atoms with van der Waals surface area (Å²) < 4.78 is 1.20. The summed E-state index contributed by atoms with van der Waals surface area (Å²) in [4.78, 5) is 25.2. The summed E-state index contributed by atoms with van der Waals surface area (Å²) >= 11 is 3.35. The molecule has 1 aliphatic heterocycles. The Morgan fingerprint density at radius 3 is 2.83 bits per heavy atom. The van der Waals surface area contributed by atoms with Gasteiger partial charge in [-0.3, -0.25) is 4.79 Å². The molecule has 0 saturated carbocycles. The van der Waals surface area contributed by atoms with Crippen molar-refractivity contribution in [1.29, 1.82) is 0 Å². The van der Waals surface area contributed by atoms with Crippen molar-refractivity contribution in [1.82, 2.24) is 14.9 Å². The summed E-state index contributed by atoms with van der Waals surface area (Å²) in [5.41, 5.74) is 2.02. The molecular weight excluding hydrogens is 338 g/mol. The third kappa shape index (κ3) is 2.84. The zero-order valence-electron chi connectivity index (χ0n) is 13.8. The smallest absolute Gasteiger partial charge is 0.228 e. The number of hydrogen-bond donors (Lipinski definition) is 0. The maximum atomic E-state index is 12.9. The highest BCUT2D eigenvalue weighted by Gasteiger charge is 2.32. The van der Waals surface area contributed by atoms with Gasteiger partial charge in [-0.2, -0.15) is 0 Å². The van der Waals surface area contributed by atoms with Crippen LogP contribution in [-0.2, 0) is 11.2 Å². The number of aromatic nitrogens is 2. The van der Waals surface area contributed by atoms with Crippen LogP contribution in [0, 0.1) is 13.8 Å². The fourth-order valence-electron chi connectivity index (χ4n) is 3.33. The second-order valence-corrected chi connectivity index (χ2v) is 8.53. The molecule has 2 aromatic heterocycles. The van der Waals surface area contributed by atoms with Crippen LogP contribution in [0.2, 0.25) is 0 Å². The van der Waals surface area contributed by atoms with Crippen molar-refractivity contribution >= 4 is 38.8 Å². The Balaban J connectivity index is 1.57. The van der Waals surface area contributed by atoms with E-state index in [2.05, 4.69) is 11.1 Å². The van der Waals surface area contributed by atoms with Crippen molar-refractivity contribution in [3.8, 4) is 0 Å². The van der Waals surface area contributed by atoms with Gasteiger partial charge >= 0.3 is 0 Å². The summed E-state index contributed by atoms with van der Waals surface area (Å²) in [5.74, 6) is 0.198. The van der Waals surface area contributed by atoms with Crippen molar-refractivity contribution in [2.24, 2.45) is 0 Å². The van der Waals surface area contributed by atoms with Crippen LogP contribution in [0.3, 0.4) is 0 Å². The van der Waals surface area contributed by atoms with Gasteiger partial charge < -0.3 is 4.90 Å². The molecule has 24 heavy (non-hydrogen) atoms. The Morgan fingerprint density at radius 2 is 2.08 bits per heavy atom. The number of amides is 1. The first-order valence-corrected chi connectivity index (χ1v) is 9.83. The van der Waals surface area contributed by atoms with Crippen molar-refractivity contribution < 1.29 is 4.79 Å². The molecule has 124 valence electrons. The van der Waals surface area contributed by atoms with Crippen molar-refractivity contribution in [2.75, 3.05) is 6.54 Å². The topological polar surface area (TPSA) is 46.1 Å². The highest BCUT2D eigenvalue weighted by Crippen LogP contribution is 2.37. The maximum Gasteiger partial charge on any atom is 0.228 e. The third-order valence-electron chi connectivity index (χ3n) is 4.48.